The summed E-state index contributed by atoms with van der Waals surface area (Å²) in [6.07, 6.45) is 9.49. The van der Waals surface area contributed by atoms with Crippen molar-refractivity contribution in [2.75, 3.05) is 13.1 Å². The fourth-order valence-electron chi connectivity index (χ4n) is 3.45. The topological polar surface area (TPSA) is 65.5 Å². The van der Waals surface area contributed by atoms with E-state index in [0.717, 1.165) is 50.7 Å². The molecule has 0 aromatic rings. The highest BCUT2D eigenvalue weighted by Gasteiger charge is 2.28. The number of hydrogen-bond donors (Lipinski definition) is 3. The van der Waals surface area contributed by atoms with Gasteiger partial charge >= 0.3 is 0 Å². The van der Waals surface area contributed by atoms with Crippen molar-refractivity contribution < 1.29 is 4.79 Å². The number of halogens is 1. The monoisotopic (exact) mass is 464 g/mol. The van der Waals surface area contributed by atoms with Gasteiger partial charge in [0.2, 0.25) is 5.91 Å². The summed E-state index contributed by atoms with van der Waals surface area (Å²) in [7, 11) is 0. The zero-order valence-corrected chi connectivity index (χ0v) is 18.5. The fourth-order valence-corrected chi connectivity index (χ4v) is 3.45. The zero-order chi connectivity index (χ0) is 17.4. The van der Waals surface area contributed by atoms with E-state index < -0.39 is 0 Å². The Balaban J connectivity index is 0.00000312. The molecule has 5 nitrogen and oxygen atoms in total. The molecule has 0 aromatic heterocycles. The van der Waals surface area contributed by atoms with E-state index in [9.17, 15) is 4.79 Å². The highest BCUT2D eigenvalue weighted by molar-refractivity contribution is 14.0. The van der Waals surface area contributed by atoms with Gasteiger partial charge in [0.05, 0.1) is 0 Å². The molecule has 2 atom stereocenters. The largest absolute Gasteiger partial charge is 0.357 e. The van der Waals surface area contributed by atoms with Crippen LogP contribution in [0.2, 0.25) is 0 Å². The second-order valence-corrected chi connectivity index (χ2v) is 7.71. The van der Waals surface area contributed by atoms with Crippen molar-refractivity contribution in [2.24, 2.45) is 16.8 Å². The average Bonchev–Trinajstić information content (AvgIpc) is 3.35. The molecule has 6 heteroatoms. The van der Waals surface area contributed by atoms with Crippen molar-refractivity contribution in [3.63, 3.8) is 0 Å². The summed E-state index contributed by atoms with van der Waals surface area (Å²) in [6.45, 7) is 7.91. The lowest BCUT2D eigenvalue weighted by Crippen LogP contribution is -2.47. The van der Waals surface area contributed by atoms with E-state index in [1.165, 1.54) is 25.7 Å². The molecule has 3 N–H and O–H groups in total. The molecular weight excluding hydrogens is 427 g/mol. The second kappa shape index (κ2) is 12.0. The molecule has 25 heavy (non-hydrogen) atoms. The second-order valence-electron chi connectivity index (χ2n) is 7.71. The minimum atomic E-state index is 0. The van der Waals surface area contributed by atoms with E-state index >= 15 is 0 Å². The first-order chi connectivity index (χ1) is 11.6. The Bertz CT molecular complexity index is 424. The summed E-state index contributed by atoms with van der Waals surface area (Å²) >= 11 is 0. The molecule has 2 fully saturated rings. The fraction of sp³-hybridized carbons (Fsp3) is 0.895. The van der Waals surface area contributed by atoms with Crippen LogP contribution in [0.25, 0.3) is 0 Å². The summed E-state index contributed by atoms with van der Waals surface area (Å²) in [5, 5.41) is 9.96. The quantitative estimate of drug-likeness (QED) is 0.223. The number of carbonyl (C=O) groups is 1. The van der Waals surface area contributed by atoms with E-state index in [4.69, 9.17) is 4.99 Å². The van der Waals surface area contributed by atoms with Gasteiger partial charge in [0, 0.05) is 31.1 Å². The van der Waals surface area contributed by atoms with Crippen molar-refractivity contribution >= 4 is 35.8 Å². The average molecular weight is 464 g/mol. The number of nitrogens with one attached hydrogen (secondary N) is 3. The summed E-state index contributed by atoms with van der Waals surface area (Å²) in [6, 6.07) is 0.569. The third kappa shape index (κ3) is 9.11. The van der Waals surface area contributed by atoms with Gasteiger partial charge in [-0.2, -0.15) is 0 Å². The van der Waals surface area contributed by atoms with Gasteiger partial charge in [-0.15, -0.1) is 24.0 Å². The van der Waals surface area contributed by atoms with Crippen LogP contribution in [0.1, 0.15) is 72.1 Å². The first-order valence-electron chi connectivity index (χ1n) is 9.93. The van der Waals surface area contributed by atoms with Gasteiger partial charge in [0.15, 0.2) is 5.96 Å². The molecule has 2 aliphatic carbocycles. The smallest absolute Gasteiger partial charge is 0.223 e. The van der Waals surface area contributed by atoms with E-state index in [2.05, 4.69) is 22.9 Å². The number of rotatable bonds is 8. The predicted molar refractivity (Wildman–Crippen MR) is 116 cm³/mol. The van der Waals surface area contributed by atoms with Crippen molar-refractivity contribution in [3.05, 3.63) is 0 Å². The molecule has 146 valence electrons. The van der Waals surface area contributed by atoms with E-state index in [-0.39, 0.29) is 41.8 Å². The van der Waals surface area contributed by atoms with Gasteiger partial charge in [-0.1, -0.05) is 19.3 Å². The lowest BCUT2D eigenvalue weighted by Gasteiger charge is -2.30. The Labute approximate surface area is 170 Å². The summed E-state index contributed by atoms with van der Waals surface area (Å²) < 4.78 is 0. The van der Waals surface area contributed by atoms with Crippen molar-refractivity contribution in [1.29, 1.82) is 0 Å². The molecule has 0 bridgehead atoms. The zero-order valence-electron chi connectivity index (χ0n) is 16.1. The van der Waals surface area contributed by atoms with Crippen LogP contribution in [-0.2, 0) is 4.79 Å². The van der Waals surface area contributed by atoms with Crippen LogP contribution >= 0.6 is 24.0 Å². The van der Waals surface area contributed by atoms with Gasteiger partial charge in [-0.25, -0.2) is 0 Å². The van der Waals surface area contributed by atoms with Crippen LogP contribution in [0.3, 0.4) is 0 Å². The molecule has 2 aliphatic rings. The number of hydrogen-bond acceptors (Lipinski definition) is 2. The maximum atomic E-state index is 12.3. The minimum Gasteiger partial charge on any atom is -0.357 e. The first-order valence-corrected chi connectivity index (χ1v) is 9.93. The normalized spacial score (nSPS) is 23.8. The highest BCUT2D eigenvalue weighted by Crippen LogP contribution is 2.33. The molecule has 0 radical (unpaired) electrons. The van der Waals surface area contributed by atoms with Crippen LogP contribution in [0.5, 0.6) is 0 Å². The molecular formula is C19H37IN4O. The SMILES string of the molecule is CCNC(=NCCCC1CC1)NC1CCCC(C(=O)NC(C)C)C1.I. The Morgan fingerprint density at radius 3 is 2.60 bits per heavy atom. The van der Waals surface area contributed by atoms with E-state index in [1.807, 2.05) is 13.8 Å². The third-order valence-corrected chi connectivity index (χ3v) is 4.90. The Morgan fingerprint density at radius 1 is 1.20 bits per heavy atom. The Hall–Kier alpha value is -0.530. The van der Waals surface area contributed by atoms with Crippen LogP contribution in [0.4, 0.5) is 0 Å². The molecule has 1 amide bonds. The summed E-state index contributed by atoms with van der Waals surface area (Å²) in [4.78, 5) is 17.0. The Morgan fingerprint density at radius 2 is 1.96 bits per heavy atom. The number of nitrogens with zero attached hydrogens (tertiary/aromatic N) is 1. The van der Waals surface area contributed by atoms with Crippen molar-refractivity contribution in [3.8, 4) is 0 Å². The summed E-state index contributed by atoms with van der Waals surface area (Å²) in [5.41, 5.74) is 0. The van der Waals surface area contributed by atoms with Crippen LogP contribution in [-0.4, -0.2) is 37.0 Å². The molecule has 2 unspecified atom stereocenters. The minimum absolute atomic E-state index is 0. The molecule has 0 saturated heterocycles. The third-order valence-electron chi connectivity index (χ3n) is 4.90. The number of carbonyl (C=O) groups excluding carboxylic acids is 1. The van der Waals surface area contributed by atoms with Gasteiger partial charge in [-0.3, -0.25) is 9.79 Å². The highest BCUT2D eigenvalue weighted by atomic mass is 127. The van der Waals surface area contributed by atoms with Gasteiger partial charge in [0.1, 0.15) is 0 Å². The number of guanidine groups is 1. The summed E-state index contributed by atoms with van der Waals surface area (Å²) in [5.74, 6) is 2.25. The van der Waals surface area contributed by atoms with E-state index in [0.29, 0.717) is 6.04 Å². The van der Waals surface area contributed by atoms with Gasteiger partial charge in [0.25, 0.3) is 0 Å². The molecule has 0 heterocycles. The molecule has 0 spiro atoms. The predicted octanol–water partition coefficient (Wildman–Crippen LogP) is 3.43. The Kier molecular flexibility index (Phi) is 10.8. The van der Waals surface area contributed by atoms with Gasteiger partial charge in [-0.05, 0) is 58.8 Å². The van der Waals surface area contributed by atoms with E-state index in [1.54, 1.807) is 0 Å². The molecule has 2 saturated carbocycles. The van der Waals surface area contributed by atoms with Crippen molar-refractivity contribution in [2.45, 2.75) is 84.2 Å². The number of aliphatic imine (C=N–C) groups is 1. The number of amides is 1. The molecule has 0 aliphatic heterocycles. The standard InChI is InChI=1S/C19H36N4O.HI/c1-4-20-19(21-12-6-7-15-10-11-15)23-17-9-5-8-16(13-17)18(24)22-14(2)3;/h14-17H,4-13H2,1-3H3,(H,22,24)(H2,20,21,23);1H. The molecule has 0 aromatic carbocycles. The van der Waals surface area contributed by atoms with Gasteiger partial charge < -0.3 is 16.0 Å². The van der Waals surface area contributed by atoms with Crippen LogP contribution in [0.15, 0.2) is 4.99 Å². The lowest BCUT2D eigenvalue weighted by atomic mass is 9.85. The molecule has 2 rings (SSSR count). The lowest BCUT2D eigenvalue weighted by molar-refractivity contribution is -0.126. The maximum Gasteiger partial charge on any atom is 0.223 e. The van der Waals surface area contributed by atoms with Crippen LogP contribution in [0, 0.1) is 11.8 Å². The first kappa shape index (κ1) is 22.5. The van der Waals surface area contributed by atoms with Crippen LogP contribution < -0.4 is 16.0 Å². The maximum absolute atomic E-state index is 12.3. The van der Waals surface area contributed by atoms with Crippen molar-refractivity contribution in [1.82, 2.24) is 16.0 Å².